The maximum absolute atomic E-state index is 13.0. The van der Waals surface area contributed by atoms with Crippen LogP contribution < -0.4 is 4.90 Å². The minimum Gasteiger partial charge on any atom is -0.445 e. The molecular formula is C22H24N2O3. The zero-order chi connectivity index (χ0) is 18.8. The van der Waals surface area contributed by atoms with E-state index in [2.05, 4.69) is 6.07 Å². The van der Waals surface area contributed by atoms with Crippen LogP contribution in [0.1, 0.15) is 24.0 Å². The van der Waals surface area contributed by atoms with Gasteiger partial charge in [-0.25, -0.2) is 4.79 Å². The lowest BCUT2D eigenvalue weighted by molar-refractivity contribution is -0.124. The highest BCUT2D eigenvalue weighted by Gasteiger charge is 2.42. The minimum atomic E-state index is -0.323. The van der Waals surface area contributed by atoms with Gasteiger partial charge in [0.05, 0.1) is 5.92 Å². The monoisotopic (exact) mass is 364 g/mol. The van der Waals surface area contributed by atoms with Crippen LogP contribution in [-0.2, 0) is 22.6 Å². The van der Waals surface area contributed by atoms with Crippen LogP contribution in [0.2, 0.25) is 0 Å². The van der Waals surface area contributed by atoms with Gasteiger partial charge in [-0.3, -0.25) is 4.79 Å². The van der Waals surface area contributed by atoms with Gasteiger partial charge in [0.1, 0.15) is 6.61 Å². The molecule has 0 N–H and O–H groups in total. The Balaban J connectivity index is 1.48. The number of hydrogen-bond acceptors (Lipinski definition) is 3. The molecule has 0 bridgehead atoms. The fraction of sp³-hybridized carbons (Fsp3) is 0.364. The average molecular weight is 364 g/mol. The second-order valence-corrected chi connectivity index (χ2v) is 7.28. The Kier molecular flexibility index (Phi) is 4.84. The summed E-state index contributed by atoms with van der Waals surface area (Å²) in [5.74, 6) is -0.127. The molecule has 2 aliphatic rings. The molecule has 2 heterocycles. The predicted molar refractivity (Wildman–Crippen MR) is 103 cm³/mol. The summed E-state index contributed by atoms with van der Waals surface area (Å²) in [6, 6.07) is 17.6. The first-order chi connectivity index (χ1) is 13.1. The highest BCUT2D eigenvalue weighted by Crippen LogP contribution is 2.35. The van der Waals surface area contributed by atoms with Crippen molar-refractivity contribution in [2.45, 2.75) is 31.9 Å². The van der Waals surface area contributed by atoms with E-state index in [1.54, 1.807) is 9.80 Å². The fourth-order valence-electron chi connectivity index (χ4n) is 4.24. The third-order valence-electron chi connectivity index (χ3n) is 5.64. The van der Waals surface area contributed by atoms with Crippen LogP contribution in [0.5, 0.6) is 0 Å². The van der Waals surface area contributed by atoms with Crippen molar-refractivity contribution in [2.24, 2.45) is 5.92 Å². The Morgan fingerprint density at radius 3 is 2.67 bits per heavy atom. The van der Waals surface area contributed by atoms with Gasteiger partial charge >= 0.3 is 6.09 Å². The number of amides is 2. The van der Waals surface area contributed by atoms with E-state index in [1.165, 1.54) is 0 Å². The Bertz CT molecular complexity index is 836. The second kappa shape index (κ2) is 7.43. The van der Waals surface area contributed by atoms with Crippen LogP contribution in [0.25, 0.3) is 0 Å². The summed E-state index contributed by atoms with van der Waals surface area (Å²) in [5, 5.41) is 0. The first-order valence-corrected chi connectivity index (χ1v) is 9.48. The molecule has 0 radical (unpaired) electrons. The van der Waals surface area contributed by atoms with E-state index in [0.717, 1.165) is 29.7 Å². The van der Waals surface area contributed by atoms with E-state index < -0.39 is 0 Å². The molecule has 0 aliphatic carbocycles. The zero-order valence-electron chi connectivity index (χ0n) is 15.5. The summed E-state index contributed by atoms with van der Waals surface area (Å²) in [6.45, 7) is 0.900. The van der Waals surface area contributed by atoms with Gasteiger partial charge < -0.3 is 14.5 Å². The molecule has 0 saturated carbocycles. The Labute approximate surface area is 159 Å². The van der Waals surface area contributed by atoms with Crippen molar-refractivity contribution < 1.29 is 14.3 Å². The highest BCUT2D eigenvalue weighted by molar-refractivity contribution is 5.98. The SMILES string of the molecule is CN1C(=O)C(C2CCCN2C(=O)OCc2ccccc2)Cc2ccccc21. The summed E-state index contributed by atoms with van der Waals surface area (Å²) < 4.78 is 5.53. The zero-order valence-corrected chi connectivity index (χ0v) is 15.5. The first-order valence-electron chi connectivity index (χ1n) is 9.48. The predicted octanol–water partition coefficient (Wildman–Crippen LogP) is 3.62. The van der Waals surface area contributed by atoms with E-state index in [1.807, 2.05) is 55.6 Å². The molecule has 2 aliphatic heterocycles. The fourth-order valence-corrected chi connectivity index (χ4v) is 4.24. The molecule has 140 valence electrons. The van der Waals surface area contributed by atoms with Gasteiger partial charge in [-0.15, -0.1) is 0 Å². The largest absolute Gasteiger partial charge is 0.445 e. The molecule has 5 nitrogen and oxygen atoms in total. The number of likely N-dealkylation sites (tertiary alicyclic amines) is 1. The third kappa shape index (κ3) is 3.42. The lowest BCUT2D eigenvalue weighted by Crippen LogP contribution is -2.49. The summed E-state index contributed by atoms with van der Waals surface area (Å²) in [7, 11) is 1.82. The summed E-state index contributed by atoms with van der Waals surface area (Å²) >= 11 is 0. The standard InChI is InChI=1S/C22H24N2O3/c1-23-19-11-6-5-10-17(19)14-18(21(23)25)20-12-7-13-24(20)22(26)27-15-16-8-3-2-4-9-16/h2-6,8-11,18,20H,7,12-15H2,1H3. The van der Waals surface area contributed by atoms with E-state index in [0.29, 0.717) is 13.0 Å². The van der Waals surface area contributed by atoms with Crippen molar-refractivity contribution in [1.82, 2.24) is 4.90 Å². The Hall–Kier alpha value is -2.82. The van der Waals surface area contributed by atoms with Gasteiger partial charge in [0.25, 0.3) is 0 Å². The van der Waals surface area contributed by atoms with Crippen molar-refractivity contribution in [2.75, 3.05) is 18.5 Å². The number of carbonyl (C=O) groups is 2. The highest BCUT2D eigenvalue weighted by atomic mass is 16.6. The van der Waals surface area contributed by atoms with Gasteiger partial charge in [-0.1, -0.05) is 48.5 Å². The number of para-hydroxylation sites is 1. The second-order valence-electron chi connectivity index (χ2n) is 7.28. The third-order valence-corrected chi connectivity index (χ3v) is 5.64. The molecule has 0 spiro atoms. The van der Waals surface area contributed by atoms with Gasteiger partial charge in [0.15, 0.2) is 0 Å². The van der Waals surface area contributed by atoms with Crippen LogP contribution in [0.4, 0.5) is 10.5 Å². The summed E-state index contributed by atoms with van der Waals surface area (Å²) in [5.41, 5.74) is 3.09. The average Bonchev–Trinajstić information content (AvgIpc) is 3.19. The Morgan fingerprint density at radius 2 is 1.85 bits per heavy atom. The number of hydrogen-bond donors (Lipinski definition) is 0. The van der Waals surface area contributed by atoms with E-state index in [-0.39, 0.29) is 30.6 Å². The topological polar surface area (TPSA) is 49.9 Å². The number of carbonyl (C=O) groups excluding carboxylic acids is 2. The van der Waals surface area contributed by atoms with Gasteiger partial charge in [-0.05, 0) is 36.5 Å². The first kappa shape index (κ1) is 17.6. The molecule has 1 saturated heterocycles. The number of anilines is 1. The molecule has 2 atom stereocenters. The number of fused-ring (bicyclic) bond motifs is 1. The molecule has 1 fully saturated rings. The molecule has 27 heavy (non-hydrogen) atoms. The molecule has 2 amide bonds. The number of benzene rings is 2. The summed E-state index contributed by atoms with van der Waals surface area (Å²) in [4.78, 5) is 29.1. The van der Waals surface area contributed by atoms with Crippen LogP contribution in [0.15, 0.2) is 54.6 Å². The molecule has 2 aromatic carbocycles. The Morgan fingerprint density at radius 1 is 1.11 bits per heavy atom. The van der Waals surface area contributed by atoms with Gasteiger partial charge in [0, 0.05) is 25.3 Å². The van der Waals surface area contributed by atoms with Crippen LogP contribution >= 0.6 is 0 Å². The molecule has 0 aromatic heterocycles. The summed E-state index contributed by atoms with van der Waals surface area (Å²) in [6.07, 6.45) is 2.09. The molecule has 2 aromatic rings. The van der Waals surface area contributed by atoms with E-state index >= 15 is 0 Å². The van der Waals surface area contributed by atoms with Gasteiger partial charge in [-0.2, -0.15) is 0 Å². The van der Waals surface area contributed by atoms with Crippen molar-refractivity contribution >= 4 is 17.7 Å². The van der Waals surface area contributed by atoms with Crippen LogP contribution in [0.3, 0.4) is 0 Å². The lowest BCUT2D eigenvalue weighted by Gasteiger charge is -2.37. The molecule has 5 heteroatoms. The van der Waals surface area contributed by atoms with Crippen LogP contribution in [-0.4, -0.2) is 36.5 Å². The van der Waals surface area contributed by atoms with Crippen LogP contribution in [0, 0.1) is 5.92 Å². The maximum Gasteiger partial charge on any atom is 0.410 e. The quantitative estimate of drug-likeness (QED) is 0.836. The smallest absolute Gasteiger partial charge is 0.410 e. The van der Waals surface area contributed by atoms with Crippen molar-refractivity contribution in [3.63, 3.8) is 0 Å². The van der Waals surface area contributed by atoms with E-state index in [4.69, 9.17) is 4.74 Å². The molecule has 2 unspecified atom stereocenters. The van der Waals surface area contributed by atoms with Crippen molar-refractivity contribution in [3.8, 4) is 0 Å². The molecule has 4 rings (SSSR count). The normalized spacial score (nSPS) is 21.9. The number of nitrogens with zero attached hydrogens (tertiary/aromatic N) is 2. The van der Waals surface area contributed by atoms with Crippen molar-refractivity contribution in [3.05, 3.63) is 65.7 Å². The number of ether oxygens (including phenoxy) is 1. The van der Waals surface area contributed by atoms with Crippen molar-refractivity contribution in [1.29, 1.82) is 0 Å². The maximum atomic E-state index is 13.0. The lowest BCUT2D eigenvalue weighted by atomic mass is 9.85. The van der Waals surface area contributed by atoms with Gasteiger partial charge in [0.2, 0.25) is 5.91 Å². The number of rotatable bonds is 3. The minimum absolute atomic E-state index is 0.0847. The van der Waals surface area contributed by atoms with E-state index in [9.17, 15) is 9.59 Å². The molecular weight excluding hydrogens is 340 g/mol.